The van der Waals surface area contributed by atoms with Gasteiger partial charge in [0.25, 0.3) is 0 Å². The predicted octanol–water partition coefficient (Wildman–Crippen LogP) is 3.65. The number of hydrogen-bond donors (Lipinski definition) is 1. The fourth-order valence-electron chi connectivity index (χ4n) is 2.19. The van der Waals surface area contributed by atoms with Crippen molar-refractivity contribution < 1.29 is 4.79 Å². The average molecular weight is 280 g/mol. The summed E-state index contributed by atoms with van der Waals surface area (Å²) in [5.74, 6) is 0. The number of urea groups is 1. The molecule has 0 aliphatic carbocycles. The molecular formula is C12H14ClN5O. The predicted molar refractivity (Wildman–Crippen MR) is 74.2 cm³/mol. The number of likely N-dealkylation sites (tertiary alicyclic amines) is 1. The molecule has 0 radical (unpaired) electrons. The molecule has 1 atom stereocenters. The second-order valence-electron chi connectivity index (χ2n) is 4.34. The van der Waals surface area contributed by atoms with Crippen molar-refractivity contribution in [2.24, 2.45) is 5.11 Å². The molecule has 1 saturated heterocycles. The van der Waals surface area contributed by atoms with Gasteiger partial charge in [0.05, 0.1) is 0 Å². The first kappa shape index (κ1) is 13.5. The van der Waals surface area contributed by atoms with Crippen molar-refractivity contribution in [1.82, 2.24) is 4.90 Å². The van der Waals surface area contributed by atoms with E-state index in [1.165, 1.54) is 0 Å². The second-order valence-corrected chi connectivity index (χ2v) is 4.78. The van der Waals surface area contributed by atoms with Crippen molar-refractivity contribution in [2.45, 2.75) is 18.9 Å². The molecule has 2 rings (SSSR count). The van der Waals surface area contributed by atoms with E-state index < -0.39 is 0 Å². The molecule has 7 heteroatoms. The van der Waals surface area contributed by atoms with Crippen LogP contribution in [0.1, 0.15) is 12.8 Å². The summed E-state index contributed by atoms with van der Waals surface area (Å²) in [5.41, 5.74) is 9.00. The molecule has 1 N–H and O–H groups in total. The lowest BCUT2D eigenvalue weighted by Gasteiger charge is -2.23. The van der Waals surface area contributed by atoms with Gasteiger partial charge >= 0.3 is 6.03 Å². The molecule has 1 fully saturated rings. The first-order valence-corrected chi connectivity index (χ1v) is 6.42. The van der Waals surface area contributed by atoms with Gasteiger partial charge < -0.3 is 10.2 Å². The molecule has 0 aromatic heterocycles. The Bertz CT molecular complexity index is 515. The van der Waals surface area contributed by atoms with E-state index in [9.17, 15) is 4.79 Å². The van der Waals surface area contributed by atoms with Crippen molar-refractivity contribution in [3.05, 3.63) is 39.7 Å². The Balaban J connectivity index is 2.00. The number of rotatable bonds is 3. The lowest BCUT2D eigenvalue weighted by Crippen LogP contribution is -2.40. The molecule has 1 aliphatic heterocycles. The van der Waals surface area contributed by atoms with Crippen LogP contribution in [0.5, 0.6) is 0 Å². The molecular weight excluding hydrogens is 266 g/mol. The third kappa shape index (κ3) is 3.53. The minimum Gasteiger partial charge on any atom is -0.321 e. The summed E-state index contributed by atoms with van der Waals surface area (Å²) in [4.78, 5) is 16.6. The SMILES string of the molecule is [N-]=[N+]=NCC1CCCN1C(=O)Nc1cccc(Cl)c1. The Morgan fingerprint density at radius 3 is 3.21 bits per heavy atom. The quantitative estimate of drug-likeness (QED) is 0.511. The summed E-state index contributed by atoms with van der Waals surface area (Å²) in [6.07, 6.45) is 1.79. The number of nitrogens with zero attached hydrogens (tertiary/aromatic N) is 4. The molecule has 1 aromatic rings. The molecule has 100 valence electrons. The Morgan fingerprint density at radius 1 is 1.63 bits per heavy atom. The zero-order valence-electron chi connectivity index (χ0n) is 10.3. The highest BCUT2D eigenvalue weighted by atomic mass is 35.5. The Kier molecular flexibility index (Phi) is 4.49. The van der Waals surface area contributed by atoms with E-state index in [1.54, 1.807) is 29.2 Å². The molecule has 0 bridgehead atoms. The normalized spacial score (nSPS) is 17.9. The number of halogens is 1. The minimum absolute atomic E-state index is 0.0184. The van der Waals surface area contributed by atoms with Crippen molar-refractivity contribution >= 4 is 23.3 Å². The molecule has 2 amide bonds. The van der Waals surface area contributed by atoms with Crippen LogP contribution in [0.15, 0.2) is 29.4 Å². The summed E-state index contributed by atoms with van der Waals surface area (Å²) in [6.45, 7) is 0.998. The molecule has 6 nitrogen and oxygen atoms in total. The number of amides is 2. The highest BCUT2D eigenvalue weighted by Gasteiger charge is 2.28. The van der Waals surface area contributed by atoms with Crippen LogP contribution in [-0.2, 0) is 0 Å². The Hall–Kier alpha value is -1.91. The third-order valence-corrected chi connectivity index (χ3v) is 3.30. The lowest BCUT2D eigenvalue weighted by molar-refractivity contribution is 0.208. The van der Waals surface area contributed by atoms with E-state index in [2.05, 4.69) is 15.3 Å². The van der Waals surface area contributed by atoms with Gasteiger partial charge in [-0.25, -0.2) is 4.79 Å². The lowest BCUT2D eigenvalue weighted by atomic mass is 10.2. The van der Waals surface area contributed by atoms with Crippen LogP contribution in [-0.4, -0.2) is 30.1 Å². The van der Waals surface area contributed by atoms with Crippen molar-refractivity contribution in [2.75, 3.05) is 18.4 Å². The van der Waals surface area contributed by atoms with Gasteiger partial charge in [-0.1, -0.05) is 22.8 Å². The zero-order valence-corrected chi connectivity index (χ0v) is 11.0. The van der Waals surface area contributed by atoms with E-state index in [-0.39, 0.29) is 12.1 Å². The van der Waals surface area contributed by atoms with Gasteiger partial charge in [0.15, 0.2) is 0 Å². The first-order chi connectivity index (χ1) is 9.20. The number of carbonyl (C=O) groups is 1. The molecule has 0 spiro atoms. The number of benzene rings is 1. The fraction of sp³-hybridized carbons (Fsp3) is 0.417. The highest BCUT2D eigenvalue weighted by molar-refractivity contribution is 6.30. The van der Waals surface area contributed by atoms with Gasteiger partial charge in [-0.3, -0.25) is 0 Å². The molecule has 0 saturated carbocycles. The van der Waals surface area contributed by atoms with Crippen LogP contribution in [0.3, 0.4) is 0 Å². The van der Waals surface area contributed by atoms with Crippen molar-refractivity contribution in [3.63, 3.8) is 0 Å². The first-order valence-electron chi connectivity index (χ1n) is 6.05. The third-order valence-electron chi connectivity index (χ3n) is 3.07. The molecule has 1 heterocycles. The highest BCUT2D eigenvalue weighted by Crippen LogP contribution is 2.20. The molecule has 1 aromatic carbocycles. The van der Waals surface area contributed by atoms with E-state index in [1.807, 2.05) is 0 Å². The van der Waals surface area contributed by atoms with E-state index >= 15 is 0 Å². The smallest absolute Gasteiger partial charge is 0.321 e. The van der Waals surface area contributed by atoms with Gasteiger partial charge in [-0.15, -0.1) is 0 Å². The molecule has 19 heavy (non-hydrogen) atoms. The number of azide groups is 1. The summed E-state index contributed by atoms with van der Waals surface area (Å²) < 4.78 is 0. The number of anilines is 1. The maximum Gasteiger partial charge on any atom is 0.322 e. The number of hydrogen-bond acceptors (Lipinski definition) is 2. The van der Waals surface area contributed by atoms with Gasteiger partial charge in [0.2, 0.25) is 0 Å². The van der Waals surface area contributed by atoms with E-state index in [0.717, 1.165) is 12.8 Å². The van der Waals surface area contributed by atoms with Gasteiger partial charge in [-0.05, 0) is 36.6 Å². The van der Waals surface area contributed by atoms with Crippen LogP contribution in [0.2, 0.25) is 5.02 Å². The van der Waals surface area contributed by atoms with Gasteiger partial charge in [0, 0.05) is 34.8 Å². The second kappa shape index (κ2) is 6.31. The van der Waals surface area contributed by atoms with Crippen LogP contribution in [0.4, 0.5) is 10.5 Å². The Labute approximate surface area is 116 Å². The average Bonchev–Trinajstić information content (AvgIpc) is 2.84. The van der Waals surface area contributed by atoms with Gasteiger partial charge in [-0.2, -0.15) is 0 Å². The summed E-state index contributed by atoms with van der Waals surface area (Å²) in [7, 11) is 0. The summed E-state index contributed by atoms with van der Waals surface area (Å²) in [5, 5.41) is 6.92. The summed E-state index contributed by atoms with van der Waals surface area (Å²) >= 11 is 5.87. The van der Waals surface area contributed by atoms with Crippen molar-refractivity contribution in [1.29, 1.82) is 0 Å². The minimum atomic E-state index is -0.182. The zero-order chi connectivity index (χ0) is 13.7. The topological polar surface area (TPSA) is 81.1 Å². The van der Waals surface area contributed by atoms with E-state index in [4.69, 9.17) is 17.1 Å². The monoisotopic (exact) mass is 279 g/mol. The van der Waals surface area contributed by atoms with E-state index in [0.29, 0.717) is 23.8 Å². The Morgan fingerprint density at radius 2 is 2.47 bits per heavy atom. The van der Waals surface area contributed by atoms with Crippen LogP contribution >= 0.6 is 11.6 Å². The van der Waals surface area contributed by atoms with Crippen LogP contribution < -0.4 is 5.32 Å². The van der Waals surface area contributed by atoms with Crippen molar-refractivity contribution in [3.8, 4) is 0 Å². The molecule has 1 aliphatic rings. The standard InChI is InChI=1S/C12H14ClN5O/c13-9-3-1-4-10(7-9)16-12(19)18-6-2-5-11(18)8-15-17-14/h1,3-4,7,11H,2,5-6,8H2,(H,16,19). The maximum absolute atomic E-state index is 12.1. The number of carbonyl (C=O) groups excluding carboxylic acids is 1. The maximum atomic E-state index is 12.1. The fourth-order valence-corrected chi connectivity index (χ4v) is 2.38. The largest absolute Gasteiger partial charge is 0.322 e. The molecule has 1 unspecified atom stereocenters. The van der Waals surface area contributed by atoms with Gasteiger partial charge in [0.1, 0.15) is 0 Å². The van der Waals surface area contributed by atoms with Crippen LogP contribution in [0, 0.1) is 0 Å². The number of nitrogens with one attached hydrogen (secondary N) is 1. The van der Waals surface area contributed by atoms with Crippen LogP contribution in [0.25, 0.3) is 10.4 Å². The summed E-state index contributed by atoms with van der Waals surface area (Å²) in [6, 6.07) is 6.80.